The number of aliphatic hydroxyl groups excluding tert-OH is 1. The zero-order chi connectivity index (χ0) is 19.2. The molecular formula is C18H18FN3O3S2. The van der Waals surface area contributed by atoms with E-state index < -0.39 is 5.97 Å². The van der Waals surface area contributed by atoms with E-state index in [0.717, 1.165) is 10.6 Å². The van der Waals surface area contributed by atoms with Crippen LogP contribution in [-0.2, 0) is 23.6 Å². The van der Waals surface area contributed by atoms with Gasteiger partial charge in [-0.3, -0.25) is 0 Å². The van der Waals surface area contributed by atoms with Gasteiger partial charge in [-0.15, -0.1) is 11.3 Å². The second-order valence-electron chi connectivity index (χ2n) is 5.54. The first-order chi connectivity index (χ1) is 13.1. The summed E-state index contributed by atoms with van der Waals surface area (Å²) in [4.78, 5) is 20.3. The molecule has 27 heavy (non-hydrogen) atoms. The van der Waals surface area contributed by atoms with E-state index in [1.807, 2.05) is 10.6 Å². The highest BCUT2D eigenvalue weighted by Crippen LogP contribution is 2.26. The maximum atomic E-state index is 13.4. The Labute approximate surface area is 164 Å². The van der Waals surface area contributed by atoms with Gasteiger partial charge in [0.15, 0.2) is 10.9 Å². The van der Waals surface area contributed by atoms with Gasteiger partial charge in [0, 0.05) is 5.38 Å². The Morgan fingerprint density at radius 3 is 3.04 bits per heavy atom. The third kappa shape index (κ3) is 4.94. The van der Waals surface area contributed by atoms with E-state index in [9.17, 15) is 14.3 Å². The number of rotatable bonds is 8. The first-order valence-electron chi connectivity index (χ1n) is 8.24. The molecule has 0 aliphatic carbocycles. The van der Waals surface area contributed by atoms with Gasteiger partial charge in [0.25, 0.3) is 0 Å². The standard InChI is InChI=1S/C18H18FN3O3S2/c1-2-25-17(24)15-10-26-16(21-15)11-27-18-20-7-14(9-23)22(18)8-12-4-3-5-13(19)6-12/h3-7,10,23H,2,8-9,11H2,1H3. The molecule has 0 radical (unpaired) electrons. The van der Waals surface area contributed by atoms with Crippen molar-refractivity contribution in [3.05, 3.63) is 63.6 Å². The number of halogens is 1. The first kappa shape index (κ1) is 19.5. The maximum absolute atomic E-state index is 13.4. The molecular weight excluding hydrogens is 389 g/mol. The predicted molar refractivity (Wildman–Crippen MR) is 101 cm³/mol. The van der Waals surface area contributed by atoms with Gasteiger partial charge in [-0.25, -0.2) is 19.2 Å². The lowest BCUT2D eigenvalue weighted by Gasteiger charge is -2.10. The van der Waals surface area contributed by atoms with Crippen LogP contribution in [0.25, 0.3) is 0 Å². The lowest BCUT2D eigenvalue weighted by Crippen LogP contribution is -2.06. The van der Waals surface area contributed by atoms with Crippen LogP contribution >= 0.6 is 23.1 Å². The highest BCUT2D eigenvalue weighted by molar-refractivity contribution is 7.98. The number of aromatic nitrogens is 3. The second-order valence-corrected chi connectivity index (χ2v) is 7.43. The Morgan fingerprint density at radius 1 is 1.44 bits per heavy atom. The van der Waals surface area contributed by atoms with Crippen molar-refractivity contribution in [2.24, 2.45) is 0 Å². The van der Waals surface area contributed by atoms with E-state index >= 15 is 0 Å². The van der Waals surface area contributed by atoms with Crippen LogP contribution in [0.4, 0.5) is 4.39 Å². The van der Waals surface area contributed by atoms with Gasteiger partial charge < -0.3 is 14.4 Å². The van der Waals surface area contributed by atoms with Gasteiger partial charge in [-0.2, -0.15) is 0 Å². The van der Waals surface area contributed by atoms with Crippen LogP contribution in [0.1, 0.15) is 33.7 Å². The molecule has 1 aromatic carbocycles. The van der Waals surface area contributed by atoms with Gasteiger partial charge >= 0.3 is 5.97 Å². The van der Waals surface area contributed by atoms with Crippen molar-refractivity contribution in [1.29, 1.82) is 0 Å². The average Bonchev–Trinajstić information content (AvgIpc) is 3.27. The summed E-state index contributed by atoms with van der Waals surface area (Å²) < 4.78 is 20.2. The van der Waals surface area contributed by atoms with Gasteiger partial charge in [0.1, 0.15) is 10.8 Å². The largest absolute Gasteiger partial charge is 0.461 e. The molecule has 0 saturated carbocycles. The fourth-order valence-electron chi connectivity index (χ4n) is 2.42. The van der Waals surface area contributed by atoms with Crippen molar-refractivity contribution < 1.29 is 19.0 Å². The van der Waals surface area contributed by atoms with E-state index in [-0.39, 0.29) is 12.4 Å². The Kier molecular flexibility index (Phi) is 6.59. The smallest absolute Gasteiger partial charge is 0.357 e. The van der Waals surface area contributed by atoms with E-state index in [0.29, 0.717) is 35.4 Å². The van der Waals surface area contributed by atoms with Gasteiger partial charge in [-0.1, -0.05) is 23.9 Å². The van der Waals surface area contributed by atoms with Crippen LogP contribution in [-0.4, -0.2) is 32.2 Å². The fraction of sp³-hybridized carbons (Fsp3) is 0.278. The highest BCUT2D eigenvalue weighted by Gasteiger charge is 2.14. The Hall–Kier alpha value is -2.23. The molecule has 142 valence electrons. The molecule has 9 heteroatoms. The molecule has 0 fully saturated rings. The number of esters is 1. The number of ether oxygens (including phenoxy) is 1. The number of thioether (sulfide) groups is 1. The Balaban J connectivity index is 1.72. The minimum absolute atomic E-state index is 0.160. The van der Waals surface area contributed by atoms with E-state index in [2.05, 4.69) is 9.97 Å². The van der Waals surface area contributed by atoms with Crippen LogP contribution in [0.15, 0.2) is 41.0 Å². The van der Waals surface area contributed by atoms with Gasteiger partial charge in [-0.05, 0) is 24.6 Å². The van der Waals surface area contributed by atoms with Crippen LogP contribution in [0, 0.1) is 5.82 Å². The summed E-state index contributed by atoms with van der Waals surface area (Å²) in [5, 5.41) is 12.7. The van der Waals surface area contributed by atoms with Crippen molar-refractivity contribution in [1.82, 2.24) is 14.5 Å². The van der Waals surface area contributed by atoms with Crippen molar-refractivity contribution in [2.45, 2.75) is 31.0 Å². The van der Waals surface area contributed by atoms with Gasteiger partial charge in [0.2, 0.25) is 0 Å². The SMILES string of the molecule is CCOC(=O)c1csc(CSc2ncc(CO)n2Cc2cccc(F)c2)n1. The van der Waals surface area contributed by atoms with Crippen molar-refractivity contribution in [3.8, 4) is 0 Å². The number of hydrogen-bond acceptors (Lipinski definition) is 7. The average molecular weight is 407 g/mol. The number of thiazole rings is 1. The Bertz CT molecular complexity index is 926. The van der Waals surface area contributed by atoms with E-state index in [4.69, 9.17) is 4.74 Å². The lowest BCUT2D eigenvalue weighted by molar-refractivity contribution is 0.0520. The third-order valence-corrected chi connectivity index (χ3v) is 5.69. The molecule has 3 rings (SSSR count). The molecule has 2 heterocycles. The number of aliphatic hydroxyl groups is 1. The number of carbonyl (C=O) groups excluding carboxylic acids is 1. The number of hydrogen-bond donors (Lipinski definition) is 1. The molecule has 0 saturated heterocycles. The number of carbonyl (C=O) groups is 1. The summed E-state index contributed by atoms with van der Waals surface area (Å²) in [5.41, 5.74) is 1.73. The molecule has 0 atom stereocenters. The van der Waals surface area contributed by atoms with Crippen molar-refractivity contribution in [3.63, 3.8) is 0 Å². The molecule has 0 amide bonds. The number of imidazole rings is 1. The molecule has 0 spiro atoms. The Morgan fingerprint density at radius 2 is 2.30 bits per heavy atom. The summed E-state index contributed by atoms with van der Waals surface area (Å²) in [5.74, 6) is -0.212. The zero-order valence-electron chi connectivity index (χ0n) is 14.6. The molecule has 1 N–H and O–H groups in total. The van der Waals surface area contributed by atoms with Crippen LogP contribution in [0.3, 0.4) is 0 Å². The molecule has 6 nitrogen and oxygen atoms in total. The molecule has 0 unspecified atom stereocenters. The van der Waals surface area contributed by atoms with Crippen LogP contribution in [0.2, 0.25) is 0 Å². The molecule has 2 aromatic heterocycles. The predicted octanol–water partition coefficient (Wildman–Crippen LogP) is 3.49. The van der Waals surface area contributed by atoms with E-state index in [1.165, 1.54) is 35.2 Å². The second kappa shape index (κ2) is 9.12. The summed E-state index contributed by atoms with van der Waals surface area (Å²) >= 11 is 2.82. The molecule has 0 aliphatic heterocycles. The highest BCUT2D eigenvalue weighted by atomic mass is 32.2. The monoisotopic (exact) mass is 407 g/mol. The van der Waals surface area contributed by atoms with Crippen LogP contribution < -0.4 is 0 Å². The molecule has 0 bridgehead atoms. The number of benzene rings is 1. The zero-order valence-corrected chi connectivity index (χ0v) is 16.2. The van der Waals surface area contributed by atoms with Crippen molar-refractivity contribution >= 4 is 29.1 Å². The maximum Gasteiger partial charge on any atom is 0.357 e. The van der Waals surface area contributed by atoms with E-state index in [1.54, 1.807) is 24.6 Å². The summed E-state index contributed by atoms with van der Waals surface area (Å²) in [6, 6.07) is 6.33. The topological polar surface area (TPSA) is 77.2 Å². The lowest BCUT2D eigenvalue weighted by atomic mass is 10.2. The van der Waals surface area contributed by atoms with Crippen molar-refractivity contribution in [2.75, 3.05) is 6.61 Å². The summed E-state index contributed by atoms with van der Waals surface area (Å²) in [7, 11) is 0. The third-order valence-electron chi connectivity index (χ3n) is 3.65. The summed E-state index contributed by atoms with van der Waals surface area (Å²) in [6.07, 6.45) is 1.60. The number of nitrogens with zero attached hydrogens (tertiary/aromatic N) is 3. The molecule has 0 aliphatic rings. The van der Waals surface area contributed by atoms with Crippen LogP contribution in [0.5, 0.6) is 0 Å². The minimum Gasteiger partial charge on any atom is -0.461 e. The fourth-order valence-corrected chi connectivity index (χ4v) is 4.20. The quantitative estimate of drug-likeness (QED) is 0.455. The molecule has 3 aromatic rings. The summed E-state index contributed by atoms with van der Waals surface area (Å²) in [6.45, 7) is 2.30. The minimum atomic E-state index is -0.430. The first-order valence-corrected chi connectivity index (χ1v) is 10.1. The van der Waals surface area contributed by atoms with Gasteiger partial charge in [0.05, 0.1) is 37.4 Å². The normalized spacial score (nSPS) is 10.9.